The Labute approximate surface area is 94.0 Å². The number of methoxy groups -OCH3 is 1. The van der Waals surface area contributed by atoms with E-state index < -0.39 is 0 Å². The minimum atomic E-state index is 0.282. The highest BCUT2D eigenvalue weighted by molar-refractivity contribution is 4.87. The first-order valence-electron chi connectivity index (χ1n) is 6.10. The molecule has 1 fully saturated rings. The van der Waals surface area contributed by atoms with Crippen molar-refractivity contribution in [3.63, 3.8) is 0 Å². The van der Waals surface area contributed by atoms with E-state index in [1.54, 1.807) is 7.11 Å². The summed E-state index contributed by atoms with van der Waals surface area (Å²) in [6.45, 7) is 8.63. The molecule has 1 aliphatic rings. The normalized spacial score (nSPS) is 32.6. The summed E-state index contributed by atoms with van der Waals surface area (Å²) in [6.07, 6.45) is 2.88. The number of hydrogen-bond acceptors (Lipinski definition) is 3. The fourth-order valence-corrected chi connectivity index (χ4v) is 2.62. The summed E-state index contributed by atoms with van der Waals surface area (Å²) in [4.78, 5) is 2.53. The molecule has 1 heterocycles. The van der Waals surface area contributed by atoms with Crippen LogP contribution in [0.1, 0.15) is 33.6 Å². The third-order valence-corrected chi connectivity index (χ3v) is 3.97. The number of nitrogens with two attached hydrogens (primary N) is 1. The lowest BCUT2D eigenvalue weighted by molar-refractivity contribution is -0.0116. The summed E-state index contributed by atoms with van der Waals surface area (Å²) in [5.41, 5.74) is 5.88. The summed E-state index contributed by atoms with van der Waals surface area (Å²) < 4.78 is 5.41. The van der Waals surface area contributed by atoms with Crippen LogP contribution in [0.5, 0.6) is 0 Å². The molecule has 0 bridgehead atoms. The molecule has 1 aliphatic heterocycles. The Morgan fingerprint density at radius 2 is 2.13 bits per heavy atom. The Hall–Kier alpha value is -0.120. The molecule has 0 saturated carbocycles. The lowest BCUT2D eigenvalue weighted by Crippen LogP contribution is -2.55. The second kappa shape index (κ2) is 5.83. The highest BCUT2D eigenvalue weighted by atomic mass is 16.5. The van der Waals surface area contributed by atoms with Crippen LogP contribution in [0.3, 0.4) is 0 Å². The average Bonchev–Trinajstić information content (AvgIpc) is 2.26. The third-order valence-electron chi connectivity index (χ3n) is 3.97. The number of nitrogens with zero attached hydrogens (tertiary/aromatic N) is 1. The number of likely N-dealkylation sites (tertiary alicyclic amines) is 1. The molecule has 3 nitrogen and oxygen atoms in total. The summed E-state index contributed by atoms with van der Waals surface area (Å²) in [5, 5.41) is 0. The monoisotopic (exact) mass is 214 g/mol. The van der Waals surface area contributed by atoms with Crippen LogP contribution in [-0.2, 0) is 4.74 Å². The predicted molar refractivity (Wildman–Crippen MR) is 63.9 cm³/mol. The maximum atomic E-state index is 5.88. The van der Waals surface area contributed by atoms with Gasteiger partial charge in [-0.3, -0.25) is 4.90 Å². The van der Waals surface area contributed by atoms with Crippen molar-refractivity contribution in [3.05, 3.63) is 0 Å². The highest BCUT2D eigenvalue weighted by Crippen LogP contribution is 2.25. The van der Waals surface area contributed by atoms with Crippen LogP contribution in [0.2, 0.25) is 0 Å². The van der Waals surface area contributed by atoms with Gasteiger partial charge in [0, 0.05) is 25.7 Å². The molecule has 15 heavy (non-hydrogen) atoms. The maximum absolute atomic E-state index is 5.88. The third kappa shape index (κ3) is 2.92. The van der Waals surface area contributed by atoms with Gasteiger partial charge in [-0.15, -0.1) is 0 Å². The molecular weight excluding hydrogens is 188 g/mol. The molecule has 90 valence electrons. The van der Waals surface area contributed by atoms with Gasteiger partial charge in [0.15, 0.2) is 0 Å². The number of ether oxygens (including phenoxy) is 1. The second-order valence-electron chi connectivity index (χ2n) is 4.84. The van der Waals surface area contributed by atoms with Crippen LogP contribution in [0.15, 0.2) is 0 Å². The molecule has 1 saturated heterocycles. The molecule has 0 spiro atoms. The quantitative estimate of drug-likeness (QED) is 0.770. The number of hydrogen-bond donors (Lipinski definition) is 1. The van der Waals surface area contributed by atoms with Gasteiger partial charge in [0.25, 0.3) is 0 Å². The summed E-state index contributed by atoms with van der Waals surface area (Å²) in [7, 11) is 1.78. The van der Waals surface area contributed by atoms with Gasteiger partial charge in [0.05, 0.1) is 6.10 Å². The van der Waals surface area contributed by atoms with E-state index >= 15 is 0 Å². The van der Waals surface area contributed by atoms with E-state index in [1.807, 2.05) is 0 Å². The van der Waals surface area contributed by atoms with Gasteiger partial charge in [-0.25, -0.2) is 0 Å². The number of rotatable bonds is 4. The Morgan fingerprint density at radius 1 is 1.47 bits per heavy atom. The molecule has 2 N–H and O–H groups in total. The van der Waals surface area contributed by atoms with Gasteiger partial charge in [-0.1, -0.05) is 6.92 Å². The maximum Gasteiger partial charge on any atom is 0.0695 e. The van der Waals surface area contributed by atoms with E-state index in [-0.39, 0.29) is 6.10 Å². The van der Waals surface area contributed by atoms with Gasteiger partial charge in [0.2, 0.25) is 0 Å². The average molecular weight is 214 g/mol. The van der Waals surface area contributed by atoms with E-state index in [1.165, 1.54) is 19.4 Å². The Kier molecular flexibility index (Phi) is 5.03. The molecule has 0 radical (unpaired) electrons. The smallest absolute Gasteiger partial charge is 0.0695 e. The molecule has 0 aromatic heterocycles. The second-order valence-corrected chi connectivity index (χ2v) is 4.84. The van der Waals surface area contributed by atoms with Gasteiger partial charge in [0.1, 0.15) is 0 Å². The molecule has 1 rings (SSSR count). The number of piperidine rings is 1. The summed E-state index contributed by atoms with van der Waals surface area (Å²) >= 11 is 0. The Morgan fingerprint density at radius 3 is 2.67 bits per heavy atom. The fourth-order valence-electron chi connectivity index (χ4n) is 2.62. The van der Waals surface area contributed by atoms with Gasteiger partial charge in [-0.2, -0.15) is 0 Å². The van der Waals surface area contributed by atoms with Crippen molar-refractivity contribution < 1.29 is 4.74 Å². The van der Waals surface area contributed by atoms with E-state index in [2.05, 4.69) is 25.7 Å². The van der Waals surface area contributed by atoms with Crippen LogP contribution in [0.4, 0.5) is 0 Å². The van der Waals surface area contributed by atoms with Gasteiger partial charge >= 0.3 is 0 Å². The predicted octanol–water partition coefficient (Wildman–Crippen LogP) is 1.47. The van der Waals surface area contributed by atoms with Crippen molar-refractivity contribution in [1.29, 1.82) is 0 Å². The zero-order chi connectivity index (χ0) is 11.4. The molecular formula is C12H26N2O. The van der Waals surface area contributed by atoms with Crippen molar-refractivity contribution in [3.8, 4) is 0 Å². The lowest BCUT2D eigenvalue weighted by atomic mass is 9.89. The molecule has 4 unspecified atom stereocenters. The Balaban J connectivity index is 2.64. The minimum absolute atomic E-state index is 0.282. The van der Waals surface area contributed by atoms with E-state index in [0.717, 1.165) is 12.5 Å². The molecule has 0 aromatic carbocycles. The summed E-state index contributed by atoms with van der Waals surface area (Å²) in [5.74, 6) is 0.718. The van der Waals surface area contributed by atoms with Crippen molar-refractivity contribution >= 4 is 0 Å². The zero-order valence-corrected chi connectivity index (χ0v) is 10.6. The van der Waals surface area contributed by atoms with Crippen molar-refractivity contribution in [1.82, 2.24) is 4.90 Å². The SMILES string of the molecule is COC(C)C(C)N1CCCC(C)C1CN. The molecule has 0 aliphatic carbocycles. The van der Waals surface area contributed by atoms with Crippen LogP contribution >= 0.6 is 0 Å². The lowest BCUT2D eigenvalue weighted by Gasteiger charge is -2.44. The van der Waals surface area contributed by atoms with Crippen LogP contribution in [0.25, 0.3) is 0 Å². The van der Waals surface area contributed by atoms with Gasteiger partial charge in [-0.05, 0) is 39.2 Å². The molecule has 3 heteroatoms. The van der Waals surface area contributed by atoms with Crippen molar-refractivity contribution in [2.24, 2.45) is 11.7 Å². The highest BCUT2D eigenvalue weighted by Gasteiger charge is 2.32. The standard InChI is InChI=1S/C12H26N2O/c1-9-6-5-7-14(12(9)8-13)10(2)11(3)15-4/h9-12H,5-8,13H2,1-4H3. The van der Waals surface area contributed by atoms with Crippen molar-refractivity contribution in [2.75, 3.05) is 20.2 Å². The first-order chi connectivity index (χ1) is 7.11. The summed E-state index contributed by atoms with van der Waals surface area (Å²) in [6, 6.07) is 0.998. The van der Waals surface area contributed by atoms with E-state index in [4.69, 9.17) is 10.5 Å². The van der Waals surface area contributed by atoms with Crippen LogP contribution in [0, 0.1) is 5.92 Å². The zero-order valence-electron chi connectivity index (χ0n) is 10.6. The van der Waals surface area contributed by atoms with Crippen LogP contribution in [-0.4, -0.2) is 43.3 Å². The van der Waals surface area contributed by atoms with E-state index in [9.17, 15) is 0 Å². The van der Waals surface area contributed by atoms with Gasteiger partial charge < -0.3 is 10.5 Å². The van der Waals surface area contributed by atoms with E-state index in [0.29, 0.717) is 12.1 Å². The topological polar surface area (TPSA) is 38.5 Å². The molecule has 0 amide bonds. The molecule has 0 aromatic rings. The molecule has 4 atom stereocenters. The largest absolute Gasteiger partial charge is 0.380 e. The first kappa shape index (κ1) is 12.9. The fraction of sp³-hybridized carbons (Fsp3) is 1.00. The Bertz CT molecular complexity index is 186. The van der Waals surface area contributed by atoms with Crippen LogP contribution < -0.4 is 5.73 Å². The first-order valence-corrected chi connectivity index (χ1v) is 6.10. The van der Waals surface area contributed by atoms with Crippen molar-refractivity contribution in [2.45, 2.75) is 51.8 Å². The minimum Gasteiger partial charge on any atom is -0.380 e.